The molecule has 304 valence electrons. The summed E-state index contributed by atoms with van der Waals surface area (Å²) in [5, 5.41) is 23.6. The molecule has 3 atom stereocenters. The van der Waals surface area contributed by atoms with E-state index >= 15 is 0 Å². The average molecular weight is 724 g/mol. The highest BCUT2D eigenvalue weighted by Gasteiger charge is 2.24. The highest BCUT2D eigenvalue weighted by molar-refractivity contribution is 5.77. The van der Waals surface area contributed by atoms with Crippen molar-refractivity contribution >= 4 is 11.9 Å². The molecule has 0 fully saturated rings. The van der Waals surface area contributed by atoms with Crippen molar-refractivity contribution in [1.29, 1.82) is 0 Å². The van der Waals surface area contributed by atoms with Crippen molar-refractivity contribution in [1.82, 2.24) is 5.32 Å². The molecular formula is C45H89NO5. The van der Waals surface area contributed by atoms with E-state index in [2.05, 4.69) is 26.1 Å². The van der Waals surface area contributed by atoms with Gasteiger partial charge in [0.25, 0.3) is 0 Å². The van der Waals surface area contributed by atoms with Crippen LogP contribution in [0.2, 0.25) is 0 Å². The van der Waals surface area contributed by atoms with Crippen LogP contribution < -0.4 is 5.32 Å². The number of hydrogen-bond donors (Lipinski definition) is 3. The lowest BCUT2D eigenvalue weighted by atomic mass is 10.0. The van der Waals surface area contributed by atoms with E-state index in [1.165, 1.54) is 161 Å². The fourth-order valence-corrected chi connectivity index (χ4v) is 7.20. The molecule has 0 bridgehead atoms. The van der Waals surface area contributed by atoms with E-state index in [0.29, 0.717) is 19.3 Å². The molecule has 6 nitrogen and oxygen atoms in total. The summed E-state index contributed by atoms with van der Waals surface area (Å²) in [4.78, 5) is 25.8. The Labute approximate surface area is 317 Å². The lowest BCUT2D eigenvalue weighted by Crippen LogP contribution is -2.46. The van der Waals surface area contributed by atoms with E-state index < -0.39 is 18.2 Å². The molecule has 0 aromatic heterocycles. The molecule has 0 aliphatic rings. The van der Waals surface area contributed by atoms with E-state index in [1.807, 2.05) is 0 Å². The molecule has 0 heterocycles. The zero-order valence-corrected chi connectivity index (χ0v) is 34.5. The third-order valence-corrected chi connectivity index (χ3v) is 10.7. The first-order valence-corrected chi connectivity index (χ1v) is 22.8. The predicted molar refractivity (Wildman–Crippen MR) is 218 cm³/mol. The number of esters is 1. The summed E-state index contributed by atoms with van der Waals surface area (Å²) < 4.78 is 5.86. The molecule has 0 saturated heterocycles. The highest BCUT2D eigenvalue weighted by atomic mass is 16.5. The molecule has 0 aliphatic carbocycles. The van der Waals surface area contributed by atoms with Crippen molar-refractivity contribution in [2.24, 2.45) is 0 Å². The standard InChI is InChI=1S/C45H89NO5/c1-4-7-10-13-16-19-20-21-22-23-24-26-28-31-34-37-43(48)42(40-47)46-44(49)39-41(36-33-30-27-18-15-12-9-6-3)51-45(50)38-35-32-29-25-17-14-11-8-5-2/h41-43,47-48H,4-40H2,1-3H3,(H,46,49). The van der Waals surface area contributed by atoms with Crippen LogP contribution in [0.1, 0.15) is 252 Å². The third kappa shape index (κ3) is 35.6. The van der Waals surface area contributed by atoms with Crippen LogP contribution >= 0.6 is 0 Å². The largest absolute Gasteiger partial charge is 0.462 e. The summed E-state index contributed by atoms with van der Waals surface area (Å²) in [6.07, 6.45) is 40.3. The van der Waals surface area contributed by atoms with Gasteiger partial charge in [-0.25, -0.2) is 0 Å². The summed E-state index contributed by atoms with van der Waals surface area (Å²) in [6.45, 7) is 6.45. The first kappa shape index (κ1) is 49.9. The van der Waals surface area contributed by atoms with E-state index in [0.717, 1.165) is 44.9 Å². The fraction of sp³-hybridized carbons (Fsp3) is 0.956. The van der Waals surface area contributed by atoms with Gasteiger partial charge in [0.15, 0.2) is 0 Å². The van der Waals surface area contributed by atoms with Gasteiger partial charge < -0.3 is 20.3 Å². The van der Waals surface area contributed by atoms with Gasteiger partial charge in [-0.2, -0.15) is 0 Å². The molecule has 3 unspecified atom stereocenters. The number of amides is 1. The SMILES string of the molecule is CCCCCCCCCCCCCCCCCC(O)C(CO)NC(=O)CC(CCCCCCCCCC)OC(=O)CCCCCCCCCCC. The third-order valence-electron chi connectivity index (χ3n) is 10.7. The van der Waals surface area contributed by atoms with Gasteiger partial charge in [-0.1, -0.05) is 213 Å². The Kier molecular flexibility index (Phi) is 39.2. The van der Waals surface area contributed by atoms with Gasteiger partial charge in [0.2, 0.25) is 5.91 Å². The van der Waals surface area contributed by atoms with E-state index in [4.69, 9.17) is 4.74 Å². The lowest BCUT2D eigenvalue weighted by molar-refractivity contribution is -0.151. The van der Waals surface area contributed by atoms with Crippen LogP contribution in [0, 0.1) is 0 Å². The number of carbonyl (C=O) groups excluding carboxylic acids is 2. The zero-order valence-electron chi connectivity index (χ0n) is 34.5. The Morgan fingerprint density at radius 2 is 0.824 bits per heavy atom. The minimum atomic E-state index is -0.777. The molecular weight excluding hydrogens is 634 g/mol. The van der Waals surface area contributed by atoms with Gasteiger partial charge in [-0.15, -0.1) is 0 Å². The number of unbranched alkanes of at least 4 members (excludes halogenated alkanes) is 29. The van der Waals surface area contributed by atoms with Crippen molar-refractivity contribution in [3.63, 3.8) is 0 Å². The van der Waals surface area contributed by atoms with Crippen LogP contribution in [0.3, 0.4) is 0 Å². The summed E-state index contributed by atoms with van der Waals surface area (Å²) in [6, 6.07) is -0.689. The Bertz CT molecular complexity index is 731. The molecule has 51 heavy (non-hydrogen) atoms. The molecule has 3 N–H and O–H groups in total. The number of aliphatic hydroxyl groups excluding tert-OH is 2. The smallest absolute Gasteiger partial charge is 0.306 e. The van der Waals surface area contributed by atoms with Gasteiger partial charge in [-0.05, 0) is 25.7 Å². The zero-order chi connectivity index (χ0) is 37.5. The first-order chi connectivity index (χ1) is 25.0. The Balaban J connectivity index is 4.39. The van der Waals surface area contributed by atoms with Crippen molar-refractivity contribution in [3.05, 3.63) is 0 Å². The number of nitrogens with one attached hydrogen (secondary N) is 1. The Hall–Kier alpha value is -1.14. The van der Waals surface area contributed by atoms with Crippen LogP contribution in [0.5, 0.6) is 0 Å². The first-order valence-electron chi connectivity index (χ1n) is 22.8. The molecule has 0 radical (unpaired) electrons. The molecule has 0 rings (SSSR count). The maximum absolute atomic E-state index is 13.1. The highest BCUT2D eigenvalue weighted by Crippen LogP contribution is 2.18. The van der Waals surface area contributed by atoms with Gasteiger partial charge in [0.05, 0.1) is 25.2 Å². The van der Waals surface area contributed by atoms with Crippen molar-refractivity contribution in [2.45, 2.75) is 270 Å². The fourth-order valence-electron chi connectivity index (χ4n) is 7.20. The molecule has 0 saturated carbocycles. The minimum absolute atomic E-state index is 0.0855. The van der Waals surface area contributed by atoms with Crippen LogP contribution in [0.15, 0.2) is 0 Å². The van der Waals surface area contributed by atoms with Crippen LogP contribution in [-0.2, 0) is 14.3 Å². The number of carbonyl (C=O) groups is 2. The van der Waals surface area contributed by atoms with Gasteiger partial charge in [-0.3, -0.25) is 9.59 Å². The van der Waals surface area contributed by atoms with Crippen LogP contribution in [0.25, 0.3) is 0 Å². The van der Waals surface area contributed by atoms with Gasteiger partial charge >= 0.3 is 5.97 Å². The van der Waals surface area contributed by atoms with Gasteiger partial charge in [0, 0.05) is 6.42 Å². The topological polar surface area (TPSA) is 95.9 Å². The quantitative estimate of drug-likeness (QED) is 0.0431. The predicted octanol–water partition coefficient (Wildman–Crippen LogP) is 12.8. The summed E-state index contributed by atoms with van der Waals surface area (Å²) >= 11 is 0. The molecule has 1 amide bonds. The monoisotopic (exact) mass is 724 g/mol. The van der Waals surface area contributed by atoms with E-state index in [9.17, 15) is 19.8 Å². The molecule has 0 spiro atoms. The number of rotatable bonds is 41. The number of aliphatic hydroxyl groups is 2. The van der Waals surface area contributed by atoms with Crippen molar-refractivity contribution < 1.29 is 24.5 Å². The lowest BCUT2D eigenvalue weighted by Gasteiger charge is -2.24. The molecule has 0 aliphatic heterocycles. The molecule has 0 aromatic carbocycles. The van der Waals surface area contributed by atoms with Gasteiger partial charge in [0.1, 0.15) is 6.10 Å². The number of hydrogen-bond acceptors (Lipinski definition) is 5. The van der Waals surface area contributed by atoms with Crippen molar-refractivity contribution in [3.8, 4) is 0 Å². The van der Waals surface area contributed by atoms with E-state index in [-0.39, 0.29) is 24.9 Å². The second-order valence-corrected chi connectivity index (χ2v) is 15.8. The maximum Gasteiger partial charge on any atom is 0.306 e. The second kappa shape index (κ2) is 40.1. The van der Waals surface area contributed by atoms with Crippen LogP contribution in [-0.4, -0.2) is 46.9 Å². The second-order valence-electron chi connectivity index (χ2n) is 15.8. The van der Waals surface area contributed by atoms with E-state index in [1.54, 1.807) is 0 Å². The summed E-state index contributed by atoms with van der Waals surface area (Å²) in [5.74, 6) is -0.466. The van der Waals surface area contributed by atoms with Crippen LogP contribution in [0.4, 0.5) is 0 Å². The Morgan fingerprint density at radius 3 is 1.20 bits per heavy atom. The van der Waals surface area contributed by atoms with Crippen molar-refractivity contribution in [2.75, 3.05) is 6.61 Å². The average Bonchev–Trinajstić information content (AvgIpc) is 3.12. The Morgan fingerprint density at radius 1 is 0.490 bits per heavy atom. The normalized spacial score (nSPS) is 13.3. The minimum Gasteiger partial charge on any atom is -0.462 e. The number of ether oxygens (including phenoxy) is 1. The summed E-state index contributed by atoms with van der Waals surface area (Å²) in [5.41, 5.74) is 0. The maximum atomic E-state index is 13.1. The summed E-state index contributed by atoms with van der Waals surface area (Å²) in [7, 11) is 0. The molecule has 0 aromatic rings. The molecule has 6 heteroatoms.